The fourth-order valence-corrected chi connectivity index (χ4v) is 3.24. The fourth-order valence-electron chi connectivity index (χ4n) is 3.24. The van der Waals surface area contributed by atoms with Crippen molar-refractivity contribution in [3.63, 3.8) is 0 Å². The van der Waals surface area contributed by atoms with E-state index >= 15 is 0 Å². The summed E-state index contributed by atoms with van der Waals surface area (Å²) in [5.74, 6) is 0. The highest BCUT2D eigenvalue weighted by Crippen LogP contribution is 2.31. The van der Waals surface area contributed by atoms with E-state index in [9.17, 15) is 18.0 Å². The van der Waals surface area contributed by atoms with Crippen LogP contribution in [0.3, 0.4) is 0 Å². The normalized spacial score (nSPS) is 11.6. The molecule has 0 atom stereocenters. The molecule has 0 saturated heterocycles. The highest BCUT2D eigenvalue weighted by atomic mass is 19.4. The quantitative estimate of drug-likeness (QED) is 0.605. The second-order valence-electron chi connectivity index (χ2n) is 6.37. The molecule has 2 N–H and O–H groups in total. The van der Waals surface area contributed by atoms with Crippen molar-refractivity contribution in [3.8, 4) is 0 Å². The van der Waals surface area contributed by atoms with Crippen molar-refractivity contribution in [1.82, 2.24) is 4.57 Å². The van der Waals surface area contributed by atoms with Gasteiger partial charge in [0.2, 0.25) is 0 Å². The summed E-state index contributed by atoms with van der Waals surface area (Å²) in [5.41, 5.74) is 3.27. The van der Waals surface area contributed by atoms with Gasteiger partial charge in [-0.25, -0.2) is 4.79 Å². The zero-order valence-corrected chi connectivity index (χ0v) is 15.2. The van der Waals surface area contributed by atoms with Gasteiger partial charge in [-0.1, -0.05) is 13.0 Å². The number of nitrogens with one attached hydrogen (secondary N) is 2. The number of rotatable bonds is 3. The number of amides is 2. The van der Waals surface area contributed by atoms with Crippen LogP contribution in [0.1, 0.15) is 23.7 Å². The molecule has 7 heteroatoms. The number of alkyl halides is 3. The lowest BCUT2D eigenvalue weighted by atomic mass is 10.1. The summed E-state index contributed by atoms with van der Waals surface area (Å²) in [7, 11) is 1.99. The van der Waals surface area contributed by atoms with E-state index in [2.05, 4.69) is 22.1 Å². The van der Waals surface area contributed by atoms with Gasteiger partial charge in [-0.05, 0) is 55.3 Å². The first-order chi connectivity index (χ1) is 12.7. The van der Waals surface area contributed by atoms with Crippen LogP contribution in [-0.4, -0.2) is 10.6 Å². The van der Waals surface area contributed by atoms with Crippen LogP contribution in [0.2, 0.25) is 0 Å². The van der Waals surface area contributed by atoms with Crippen LogP contribution in [0, 0.1) is 6.92 Å². The minimum absolute atomic E-state index is 0.0770. The van der Waals surface area contributed by atoms with Crippen molar-refractivity contribution in [1.29, 1.82) is 0 Å². The number of carbonyl (C=O) groups is 1. The Hall–Kier alpha value is -2.96. The zero-order chi connectivity index (χ0) is 19.8. The first kappa shape index (κ1) is 18.8. The number of urea groups is 1. The number of aryl methyl sites for hydroxylation is 2. The SMILES string of the molecule is CCc1c(C)n(C)c2ccc(NC(=O)Nc3cccc(C(F)(F)F)c3)cc12. The summed E-state index contributed by atoms with van der Waals surface area (Å²) in [6.45, 7) is 4.12. The number of benzene rings is 2. The molecule has 3 rings (SSSR count). The van der Waals surface area contributed by atoms with Gasteiger partial charge in [-0.15, -0.1) is 0 Å². The predicted molar refractivity (Wildman–Crippen MR) is 101 cm³/mol. The standard InChI is InChI=1S/C20H20F3N3O/c1-4-16-12(2)26(3)18-9-8-15(11-17(16)18)25-19(27)24-14-7-5-6-13(10-14)20(21,22)23/h5-11H,4H2,1-3H3,(H2,24,25,27). The Morgan fingerprint density at radius 1 is 1.07 bits per heavy atom. The Balaban J connectivity index is 1.80. The van der Waals surface area contributed by atoms with Crippen LogP contribution >= 0.6 is 0 Å². The number of fused-ring (bicyclic) bond motifs is 1. The summed E-state index contributed by atoms with van der Waals surface area (Å²) >= 11 is 0. The Kier molecular flexibility index (Phi) is 4.87. The van der Waals surface area contributed by atoms with Crippen molar-refractivity contribution in [2.75, 3.05) is 10.6 Å². The molecule has 3 aromatic rings. The van der Waals surface area contributed by atoms with Gasteiger partial charge in [0.1, 0.15) is 0 Å². The van der Waals surface area contributed by atoms with E-state index in [0.717, 1.165) is 35.2 Å². The fraction of sp³-hybridized carbons (Fsp3) is 0.250. The van der Waals surface area contributed by atoms with Crippen molar-refractivity contribution < 1.29 is 18.0 Å². The van der Waals surface area contributed by atoms with Gasteiger partial charge in [-0.3, -0.25) is 0 Å². The molecular formula is C20H20F3N3O. The van der Waals surface area contributed by atoms with Gasteiger partial charge in [0.05, 0.1) is 5.56 Å². The number of anilines is 2. The van der Waals surface area contributed by atoms with Crippen LogP contribution in [0.4, 0.5) is 29.3 Å². The third-order valence-corrected chi connectivity index (χ3v) is 4.68. The van der Waals surface area contributed by atoms with Gasteiger partial charge >= 0.3 is 12.2 Å². The van der Waals surface area contributed by atoms with E-state index < -0.39 is 17.8 Å². The molecule has 27 heavy (non-hydrogen) atoms. The first-order valence-electron chi connectivity index (χ1n) is 8.54. The van der Waals surface area contributed by atoms with Gasteiger partial charge in [0.25, 0.3) is 0 Å². The van der Waals surface area contributed by atoms with Crippen molar-refractivity contribution in [3.05, 3.63) is 59.3 Å². The third-order valence-electron chi connectivity index (χ3n) is 4.68. The summed E-state index contributed by atoms with van der Waals surface area (Å²) < 4.78 is 40.4. The van der Waals surface area contributed by atoms with Gasteiger partial charge in [0, 0.05) is 35.0 Å². The summed E-state index contributed by atoms with van der Waals surface area (Å²) in [6.07, 6.45) is -3.59. The van der Waals surface area contributed by atoms with E-state index in [-0.39, 0.29) is 5.69 Å². The molecule has 4 nitrogen and oxygen atoms in total. The van der Waals surface area contributed by atoms with Gasteiger partial charge < -0.3 is 15.2 Å². The number of hydrogen-bond donors (Lipinski definition) is 2. The number of carbonyl (C=O) groups excluding carboxylic acids is 1. The third kappa shape index (κ3) is 3.77. The second kappa shape index (κ2) is 6.98. The Morgan fingerprint density at radius 2 is 1.74 bits per heavy atom. The molecule has 0 spiro atoms. The maximum Gasteiger partial charge on any atom is 0.416 e. The molecule has 142 valence electrons. The average Bonchev–Trinajstić information content (AvgIpc) is 2.84. The molecule has 2 amide bonds. The maximum atomic E-state index is 12.8. The first-order valence-corrected chi connectivity index (χ1v) is 8.54. The lowest BCUT2D eigenvalue weighted by Gasteiger charge is -2.11. The zero-order valence-electron chi connectivity index (χ0n) is 15.2. The Bertz CT molecular complexity index is 1010. The lowest BCUT2D eigenvalue weighted by molar-refractivity contribution is -0.137. The molecule has 0 radical (unpaired) electrons. The molecule has 1 aromatic heterocycles. The minimum Gasteiger partial charge on any atom is -0.348 e. The smallest absolute Gasteiger partial charge is 0.348 e. The van der Waals surface area contributed by atoms with Crippen LogP contribution in [0.5, 0.6) is 0 Å². The number of aromatic nitrogens is 1. The van der Waals surface area contributed by atoms with Crippen LogP contribution in [0.15, 0.2) is 42.5 Å². The van der Waals surface area contributed by atoms with E-state index in [1.807, 2.05) is 26.1 Å². The molecular weight excluding hydrogens is 355 g/mol. The molecule has 0 aliphatic heterocycles. The number of nitrogens with zero attached hydrogens (tertiary/aromatic N) is 1. The molecule has 0 unspecified atom stereocenters. The topological polar surface area (TPSA) is 46.1 Å². The monoisotopic (exact) mass is 375 g/mol. The van der Waals surface area contributed by atoms with Gasteiger partial charge in [0.15, 0.2) is 0 Å². The van der Waals surface area contributed by atoms with Crippen molar-refractivity contribution in [2.45, 2.75) is 26.4 Å². The average molecular weight is 375 g/mol. The second-order valence-corrected chi connectivity index (χ2v) is 6.37. The van der Waals surface area contributed by atoms with E-state index in [4.69, 9.17) is 0 Å². The molecule has 2 aromatic carbocycles. The number of halogens is 3. The molecule has 0 aliphatic carbocycles. The highest BCUT2D eigenvalue weighted by molar-refractivity contribution is 6.01. The molecule has 0 saturated carbocycles. The largest absolute Gasteiger partial charge is 0.416 e. The Morgan fingerprint density at radius 3 is 2.37 bits per heavy atom. The summed E-state index contributed by atoms with van der Waals surface area (Å²) in [5, 5.41) is 6.17. The molecule has 0 bridgehead atoms. The van der Waals surface area contributed by atoms with E-state index in [1.54, 1.807) is 6.07 Å². The van der Waals surface area contributed by atoms with E-state index in [1.165, 1.54) is 17.7 Å². The summed E-state index contributed by atoms with van der Waals surface area (Å²) in [6, 6.07) is 9.50. The van der Waals surface area contributed by atoms with E-state index in [0.29, 0.717) is 5.69 Å². The van der Waals surface area contributed by atoms with Crippen molar-refractivity contribution in [2.24, 2.45) is 7.05 Å². The lowest BCUT2D eigenvalue weighted by Crippen LogP contribution is -2.19. The molecule has 0 fully saturated rings. The molecule has 1 heterocycles. The van der Waals surface area contributed by atoms with Gasteiger partial charge in [-0.2, -0.15) is 13.2 Å². The van der Waals surface area contributed by atoms with Crippen LogP contribution < -0.4 is 10.6 Å². The minimum atomic E-state index is -4.46. The Labute approximate surface area is 155 Å². The van der Waals surface area contributed by atoms with Crippen LogP contribution in [-0.2, 0) is 19.6 Å². The number of hydrogen-bond acceptors (Lipinski definition) is 1. The van der Waals surface area contributed by atoms with Crippen LogP contribution in [0.25, 0.3) is 10.9 Å². The van der Waals surface area contributed by atoms with Crippen molar-refractivity contribution >= 4 is 28.3 Å². The highest BCUT2D eigenvalue weighted by Gasteiger charge is 2.30. The summed E-state index contributed by atoms with van der Waals surface area (Å²) in [4.78, 5) is 12.2. The maximum absolute atomic E-state index is 12.8. The molecule has 0 aliphatic rings. The predicted octanol–water partition coefficient (Wildman–Crippen LogP) is 5.71.